The van der Waals surface area contributed by atoms with Crippen LogP contribution in [0.15, 0.2) is 72.8 Å². The third kappa shape index (κ3) is 5.12. The van der Waals surface area contributed by atoms with Crippen molar-refractivity contribution in [2.45, 2.75) is 81.1 Å². The molecule has 0 radical (unpaired) electrons. The summed E-state index contributed by atoms with van der Waals surface area (Å²) in [6.07, 6.45) is 1.25. The summed E-state index contributed by atoms with van der Waals surface area (Å²) in [5.41, 5.74) is 11.1. The zero-order valence-corrected chi connectivity index (χ0v) is 25.4. The van der Waals surface area contributed by atoms with E-state index in [2.05, 4.69) is 114 Å². The Morgan fingerprint density at radius 2 is 1.14 bits per heavy atom. The number of aryl methyl sites for hydroxylation is 2. The van der Waals surface area contributed by atoms with Crippen molar-refractivity contribution in [1.29, 1.82) is 0 Å². The molecule has 6 rings (SSSR count). The number of fused-ring (bicyclic) bond motifs is 6. The molecule has 1 heteroatoms. The standard InChI is InChI=1S/C29H24S.C3H8.2C2H6/c1-17-13-23-19-9-5-7-11-25(19)29(3,4)26(23)16-22(17)21-15-24-20-10-6-8-12-27(20)30-28(24)14-18(21)2;1-3-2;2*1-2/h5-16H,1-4H3;3H2,1-2H3;2*1-2H3. The molecule has 1 heterocycles. The van der Waals surface area contributed by atoms with Crippen LogP contribution in [0.2, 0.25) is 0 Å². The molecule has 4 aromatic carbocycles. The third-order valence-electron chi connectivity index (χ3n) is 6.94. The van der Waals surface area contributed by atoms with Gasteiger partial charge in [-0.15, -0.1) is 11.3 Å². The van der Waals surface area contributed by atoms with E-state index in [9.17, 15) is 0 Å². The van der Waals surface area contributed by atoms with E-state index in [4.69, 9.17) is 0 Å². The van der Waals surface area contributed by atoms with Crippen LogP contribution in [0.3, 0.4) is 0 Å². The molecule has 1 aliphatic carbocycles. The van der Waals surface area contributed by atoms with E-state index in [0.717, 1.165) is 0 Å². The van der Waals surface area contributed by atoms with Crippen molar-refractivity contribution in [2.75, 3.05) is 0 Å². The predicted octanol–water partition coefficient (Wildman–Crippen LogP) is 12.1. The minimum absolute atomic E-state index is 0.0292. The summed E-state index contributed by atoms with van der Waals surface area (Å²) in [5, 5.41) is 2.74. The van der Waals surface area contributed by atoms with Gasteiger partial charge in [0.15, 0.2) is 0 Å². The molecule has 0 saturated heterocycles. The first-order valence-corrected chi connectivity index (χ1v) is 14.9. The van der Waals surface area contributed by atoms with Crippen LogP contribution in [0, 0.1) is 13.8 Å². The highest BCUT2D eigenvalue weighted by Gasteiger charge is 2.35. The first kappa shape index (κ1) is 28.7. The van der Waals surface area contributed by atoms with Gasteiger partial charge in [-0.3, -0.25) is 0 Å². The molecule has 0 aliphatic heterocycles. The fourth-order valence-corrected chi connectivity index (χ4v) is 6.50. The van der Waals surface area contributed by atoms with E-state index in [-0.39, 0.29) is 5.41 Å². The summed E-state index contributed by atoms with van der Waals surface area (Å²) in [4.78, 5) is 0. The van der Waals surface area contributed by atoms with Gasteiger partial charge >= 0.3 is 0 Å². The van der Waals surface area contributed by atoms with E-state index in [1.807, 2.05) is 39.0 Å². The normalized spacial score (nSPS) is 12.4. The first-order chi connectivity index (χ1) is 17.9. The molecule has 0 spiro atoms. The molecule has 0 saturated carbocycles. The topological polar surface area (TPSA) is 0 Å². The monoisotopic (exact) mass is 508 g/mol. The second-order valence-corrected chi connectivity index (χ2v) is 10.9. The van der Waals surface area contributed by atoms with Gasteiger partial charge in [-0.25, -0.2) is 0 Å². The van der Waals surface area contributed by atoms with Gasteiger partial charge in [-0.1, -0.05) is 110 Å². The SMILES string of the molecule is CC.CC.CCC.Cc1cc2c(cc1-c1cc3c(cc1C)sc1ccccc13)C(C)(C)c1ccccc1-2. The Hall–Kier alpha value is -2.90. The number of thiophene rings is 1. The molecule has 194 valence electrons. The fraction of sp³-hybridized carbons (Fsp3) is 0.333. The molecule has 0 unspecified atom stereocenters. The molecule has 0 amide bonds. The highest BCUT2D eigenvalue weighted by molar-refractivity contribution is 7.25. The van der Waals surface area contributed by atoms with Crippen LogP contribution in [0.25, 0.3) is 42.4 Å². The molecule has 0 N–H and O–H groups in total. The Morgan fingerprint density at radius 1 is 0.568 bits per heavy atom. The molecule has 1 aromatic heterocycles. The van der Waals surface area contributed by atoms with Crippen LogP contribution in [0.4, 0.5) is 0 Å². The molecular formula is C36H44S. The van der Waals surface area contributed by atoms with Gasteiger partial charge in [0.25, 0.3) is 0 Å². The maximum absolute atomic E-state index is 2.47. The first-order valence-electron chi connectivity index (χ1n) is 14.0. The predicted molar refractivity (Wildman–Crippen MR) is 170 cm³/mol. The minimum Gasteiger partial charge on any atom is -0.135 e. The van der Waals surface area contributed by atoms with E-state index >= 15 is 0 Å². The Morgan fingerprint density at radius 3 is 1.84 bits per heavy atom. The average molecular weight is 509 g/mol. The summed E-state index contributed by atoms with van der Waals surface area (Å²) in [7, 11) is 0. The van der Waals surface area contributed by atoms with Crippen molar-refractivity contribution in [3.8, 4) is 22.3 Å². The van der Waals surface area contributed by atoms with Gasteiger partial charge < -0.3 is 0 Å². The second kappa shape index (κ2) is 12.1. The smallest absolute Gasteiger partial charge is 0.0358 e. The van der Waals surface area contributed by atoms with E-state index in [1.54, 1.807) is 0 Å². The van der Waals surface area contributed by atoms with Gasteiger partial charge in [-0.05, 0) is 82.6 Å². The summed E-state index contributed by atoms with van der Waals surface area (Å²) in [6, 6.07) is 27.3. The van der Waals surface area contributed by atoms with Crippen molar-refractivity contribution < 1.29 is 0 Å². The van der Waals surface area contributed by atoms with Crippen molar-refractivity contribution in [1.82, 2.24) is 0 Å². The maximum atomic E-state index is 2.47. The Kier molecular flexibility index (Phi) is 9.37. The van der Waals surface area contributed by atoms with Crippen LogP contribution in [-0.4, -0.2) is 0 Å². The van der Waals surface area contributed by atoms with Gasteiger partial charge in [-0.2, -0.15) is 0 Å². The molecular weight excluding hydrogens is 464 g/mol. The number of hydrogen-bond acceptors (Lipinski definition) is 1. The lowest BCUT2D eigenvalue weighted by Crippen LogP contribution is -2.15. The van der Waals surface area contributed by atoms with Gasteiger partial charge in [0.05, 0.1) is 0 Å². The second-order valence-electron chi connectivity index (χ2n) is 9.85. The summed E-state index contributed by atoms with van der Waals surface area (Å²) >= 11 is 1.90. The van der Waals surface area contributed by atoms with Gasteiger partial charge in [0, 0.05) is 25.6 Å². The van der Waals surface area contributed by atoms with Crippen LogP contribution >= 0.6 is 11.3 Å². The van der Waals surface area contributed by atoms with Gasteiger partial charge in [0.1, 0.15) is 0 Å². The van der Waals surface area contributed by atoms with Crippen LogP contribution in [0.5, 0.6) is 0 Å². The lowest BCUT2D eigenvalue weighted by atomic mass is 9.80. The largest absolute Gasteiger partial charge is 0.135 e. The van der Waals surface area contributed by atoms with Gasteiger partial charge in [0.2, 0.25) is 0 Å². The van der Waals surface area contributed by atoms with Crippen LogP contribution in [0.1, 0.15) is 84.1 Å². The zero-order chi connectivity index (χ0) is 27.3. The summed E-state index contributed by atoms with van der Waals surface area (Å²) < 4.78 is 2.75. The van der Waals surface area contributed by atoms with Crippen molar-refractivity contribution in [2.24, 2.45) is 0 Å². The highest BCUT2D eigenvalue weighted by atomic mass is 32.1. The number of benzene rings is 4. The number of hydrogen-bond donors (Lipinski definition) is 0. The van der Waals surface area contributed by atoms with E-state index in [1.165, 1.54) is 71.1 Å². The van der Waals surface area contributed by atoms with Crippen LogP contribution in [-0.2, 0) is 5.41 Å². The zero-order valence-electron chi connectivity index (χ0n) is 24.5. The lowest BCUT2D eigenvalue weighted by Gasteiger charge is -2.23. The molecule has 5 aromatic rings. The number of rotatable bonds is 1. The third-order valence-corrected chi connectivity index (χ3v) is 8.08. The average Bonchev–Trinajstić information content (AvgIpc) is 3.38. The molecule has 0 nitrogen and oxygen atoms in total. The molecule has 37 heavy (non-hydrogen) atoms. The molecule has 0 fully saturated rings. The Labute approximate surface area is 229 Å². The Bertz CT molecular complexity index is 1500. The van der Waals surface area contributed by atoms with Crippen molar-refractivity contribution >= 4 is 31.5 Å². The van der Waals surface area contributed by atoms with Crippen molar-refractivity contribution in [3.63, 3.8) is 0 Å². The van der Waals surface area contributed by atoms with Crippen molar-refractivity contribution in [3.05, 3.63) is 95.1 Å². The summed E-state index contributed by atoms with van der Waals surface area (Å²) in [5.74, 6) is 0. The fourth-order valence-electron chi connectivity index (χ4n) is 5.31. The van der Waals surface area contributed by atoms with E-state index in [0.29, 0.717) is 0 Å². The highest BCUT2D eigenvalue weighted by Crippen LogP contribution is 2.50. The minimum atomic E-state index is 0.0292. The lowest BCUT2D eigenvalue weighted by molar-refractivity contribution is 0.660. The quantitative estimate of drug-likeness (QED) is 0.211. The maximum Gasteiger partial charge on any atom is 0.0358 e. The summed E-state index contributed by atoms with van der Waals surface area (Å²) in [6.45, 7) is 21.5. The van der Waals surface area contributed by atoms with E-state index < -0.39 is 0 Å². The molecule has 0 bridgehead atoms. The molecule has 1 aliphatic rings. The molecule has 0 atom stereocenters. The Balaban J connectivity index is 0.000000499. The van der Waals surface area contributed by atoms with Crippen LogP contribution < -0.4 is 0 Å².